The summed E-state index contributed by atoms with van der Waals surface area (Å²) >= 11 is 0. The first kappa shape index (κ1) is 9.47. The lowest BCUT2D eigenvalue weighted by molar-refractivity contribution is -0.0228. The van der Waals surface area contributed by atoms with Crippen LogP contribution in [0.2, 0.25) is 0 Å². The molecule has 0 aromatic rings. The van der Waals surface area contributed by atoms with E-state index in [0.29, 0.717) is 5.41 Å². The molecule has 1 spiro atoms. The molecule has 0 bridgehead atoms. The molecule has 0 aromatic heterocycles. The molecule has 1 unspecified atom stereocenters. The summed E-state index contributed by atoms with van der Waals surface area (Å²) in [7, 11) is 2.12. The van der Waals surface area contributed by atoms with Crippen LogP contribution in [0.4, 0.5) is 0 Å². The van der Waals surface area contributed by atoms with E-state index in [-0.39, 0.29) is 0 Å². The van der Waals surface area contributed by atoms with Gasteiger partial charge in [0.2, 0.25) is 0 Å². The Morgan fingerprint density at radius 2 is 1.92 bits per heavy atom. The van der Waals surface area contributed by atoms with E-state index in [1.165, 1.54) is 38.5 Å². The Morgan fingerprint density at radius 3 is 2.62 bits per heavy atom. The molecule has 2 fully saturated rings. The quantitative estimate of drug-likeness (QED) is 0.671. The van der Waals surface area contributed by atoms with Crippen molar-refractivity contribution in [3.8, 4) is 0 Å². The third-order valence-electron chi connectivity index (χ3n) is 3.99. The van der Waals surface area contributed by atoms with Gasteiger partial charge in [-0.25, -0.2) is 0 Å². The summed E-state index contributed by atoms with van der Waals surface area (Å²) in [5.74, 6) is 0. The molecule has 1 heterocycles. The monoisotopic (exact) mass is 183 g/mol. The molecule has 2 nitrogen and oxygen atoms in total. The van der Waals surface area contributed by atoms with Gasteiger partial charge in [-0.1, -0.05) is 12.8 Å². The van der Waals surface area contributed by atoms with Crippen molar-refractivity contribution in [1.82, 2.24) is 5.32 Å². The zero-order valence-corrected chi connectivity index (χ0v) is 8.64. The molecule has 76 valence electrons. The molecule has 2 aliphatic rings. The molecule has 0 amide bonds. The fourth-order valence-corrected chi connectivity index (χ4v) is 3.13. The molecule has 0 radical (unpaired) electrons. The lowest BCUT2D eigenvalue weighted by Gasteiger charge is -2.46. The molecule has 1 saturated carbocycles. The van der Waals surface area contributed by atoms with E-state index in [1.54, 1.807) is 0 Å². The highest BCUT2D eigenvalue weighted by molar-refractivity contribution is 4.94. The van der Waals surface area contributed by atoms with E-state index in [9.17, 15) is 0 Å². The summed E-state index contributed by atoms with van der Waals surface area (Å²) in [5, 5.41) is 3.51. The summed E-state index contributed by atoms with van der Waals surface area (Å²) in [5.41, 5.74) is 0.589. The molecular weight excluding hydrogens is 162 g/mol. The highest BCUT2D eigenvalue weighted by Crippen LogP contribution is 2.43. The normalized spacial score (nSPS) is 33.5. The second-order valence-electron chi connectivity index (χ2n) is 4.56. The van der Waals surface area contributed by atoms with Crippen LogP contribution in [0.15, 0.2) is 0 Å². The third kappa shape index (κ3) is 1.75. The molecule has 1 saturated heterocycles. The van der Waals surface area contributed by atoms with Crippen molar-refractivity contribution in [2.45, 2.75) is 44.6 Å². The summed E-state index contributed by atoms with van der Waals surface area (Å²) in [6.45, 7) is 1.97. The molecule has 2 heteroatoms. The van der Waals surface area contributed by atoms with Crippen LogP contribution in [0.3, 0.4) is 0 Å². The van der Waals surface area contributed by atoms with Gasteiger partial charge in [0.1, 0.15) is 0 Å². The smallest absolute Gasteiger partial charge is 0.0471 e. The van der Waals surface area contributed by atoms with Crippen LogP contribution in [-0.2, 0) is 4.74 Å². The maximum absolute atomic E-state index is 5.46. The van der Waals surface area contributed by atoms with Crippen molar-refractivity contribution in [2.75, 3.05) is 20.3 Å². The molecule has 1 N–H and O–H groups in total. The van der Waals surface area contributed by atoms with Gasteiger partial charge in [-0.2, -0.15) is 0 Å². The van der Waals surface area contributed by atoms with Crippen LogP contribution in [0, 0.1) is 5.41 Å². The van der Waals surface area contributed by atoms with E-state index in [0.717, 1.165) is 19.3 Å². The number of hydrogen-bond acceptors (Lipinski definition) is 2. The molecule has 0 aromatic carbocycles. The van der Waals surface area contributed by atoms with Gasteiger partial charge >= 0.3 is 0 Å². The largest absolute Gasteiger partial charge is 0.381 e. The minimum Gasteiger partial charge on any atom is -0.381 e. The van der Waals surface area contributed by atoms with Crippen LogP contribution >= 0.6 is 0 Å². The van der Waals surface area contributed by atoms with Crippen molar-refractivity contribution in [2.24, 2.45) is 5.41 Å². The first-order valence-electron chi connectivity index (χ1n) is 5.62. The van der Waals surface area contributed by atoms with Gasteiger partial charge < -0.3 is 10.1 Å². The van der Waals surface area contributed by atoms with Crippen LogP contribution in [0.25, 0.3) is 0 Å². The number of ether oxygens (including phenoxy) is 1. The average molecular weight is 183 g/mol. The van der Waals surface area contributed by atoms with Crippen molar-refractivity contribution >= 4 is 0 Å². The molecule has 13 heavy (non-hydrogen) atoms. The maximum atomic E-state index is 5.46. The van der Waals surface area contributed by atoms with E-state index < -0.39 is 0 Å². The Kier molecular flexibility index (Phi) is 2.89. The van der Waals surface area contributed by atoms with Crippen LogP contribution in [0.1, 0.15) is 38.5 Å². The predicted octanol–water partition coefficient (Wildman–Crippen LogP) is 1.95. The average Bonchev–Trinajstić information content (AvgIpc) is 2.20. The van der Waals surface area contributed by atoms with Gasteiger partial charge in [-0.3, -0.25) is 0 Å². The fraction of sp³-hybridized carbons (Fsp3) is 1.00. The minimum atomic E-state index is 0.589. The first-order valence-corrected chi connectivity index (χ1v) is 5.62. The molecular formula is C11H21NO. The lowest BCUT2D eigenvalue weighted by atomic mass is 9.66. The standard InChI is InChI=1S/C11H21NO/c1-12-10-4-2-3-5-11(10)6-8-13-9-7-11/h10,12H,2-9H2,1H3. The molecule has 1 aliphatic heterocycles. The minimum absolute atomic E-state index is 0.589. The van der Waals surface area contributed by atoms with E-state index in [2.05, 4.69) is 12.4 Å². The molecule has 1 atom stereocenters. The van der Waals surface area contributed by atoms with E-state index >= 15 is 0 Å². The van der Waals surface area contributed by atoms with E-state index in [4.69, 9.17) is 4.74 Å². The Balaban J connectivity index is 2.06. The predicted molar refractivity (Wildman–Crippen MR) is 53.8 cm³/mol. The van der Waals surface area contributed by atoms with Gasteiger partial charge in [0.05, 0.1) is 0 Å². The topological polar surface area (TPSA) is 21.3 Å². The zero-order chi connectivity index (χ0) is 9.15. The van der Waals surface area contributed by atoms with Gasteiger partial charge in [-0.15, -0.1) is 0 Å². The van der Waals surface area contributed by atoms with Crippen LogP contribution < -0.4 is 5.32 Å². The Bertz CT molecular complexity index is 155. The Morgan fingerprint density at radius 1 is 1.15 bits per heavy atom. The van der Waals surface area contributed by atoms with Crippen LogP contribution in [-0.4, -0.2) is 26.3 Å². The number of hydrogen-bond donors (Lipinski definition) is 1. The third-order valence-corrected chi connectivity index (χ3v) is 3.99. The molecule has 2 rings (SSSR count). The first-order chi connectivity index (χ1) is 6.37. The summed E-state index contributed by atoms with van der Waals surface area (Å²) in [4.78, 5) is 0. The van der Waals surface area contributed by atoms with Gasteiger partial charge in [-0.05, 0) is 38.1 Å². The summed E-state index contributed by atoms with van der Waals surface area (Å²) < 4.78 is 5.46. The van der Waals surface area contributed by atoms with Gasteiger partial charge in [0.15, 0.2) is 0 Å². The van der Waals surface area contributed by atoms with Crippen LogP contribution in [0.5, 0.6) is 0 Å². The van der Waals surface area contributed by atoms with Crippen molar-refractivity contribution in [1.29, 1.82) is 0 Å². The Hall–Kier alpha value is -0.0800. The maximum Gasteiger partial charge on any atom is 0.0471 e. The summed E-state index contributed by atoms with van der Waals surface area (Å²) in [6, 6.07) is 0.755. The highest BCUT2D eigenvalue weighted by Gasteiger charge is 2.40. The molecule has 1 aliphatic carbocycles. The highest BCUT2D eigenvalue weighted by atomic mass is 16.5. The SMILES string of the molecule is CNC1CCCCC12CCOCC2. The van der Waals surface area contributed by atoms with Crippen molar-refractivity contribution in [3.05, 3.63) is 0 Å². The second-order valence-corrected chi connectivity index (χ2v) is 4.56. The van der Waals surface area contributed by atoms with Gasteiger partial charge in [0.25, 0.3) is 0 Å². The van der Waals surface area contributed by atoms with Crippen molar-refractivity contribution < 1.29 is 4.74 Å². The van der Waals surface area contributed by atoms with Crippen molar-refractivity contribution in [3.63, 3.8) is 0 Å². The second kappa shape index (κ2) is 3.97. The summed E-state index contributed by atoms with van der Waals surface area (Å²) in [6.07, 6.45) is 8.18. The lowest BCUT2D eigenvalue weighted by Crippen LogP contribution is -2.49. The number of rotatable bonds is 1. The Labute approximate surface area is 81.0 Å². The fourth-order valence-electron chi connectivity index (χ4n) is 3.13. The number of nitrogens with one attached hydrogen (secondary N) is 1. The zero-order valence-electron chi connectivity index (χ0n) is 8.64. The van der Waals surface area contributed by atoms with Gasteiger partial charge in [0, 0.05) is 19.3 Å². The van der Waals surface area contributed by atoms with E-state index in [1.807, 2.05) is 0 Å².